The molecule has 11 atom stereocenters. The number of ether oxygens (including phenoxy) is 6. The highest BCUT2D eigenvalue weighted by molar-refractivity contribution is 7.53. The van der Waals surface area contributed by atoms with Crippen LogP contribution in [0.3, 0.4) is 0 Å². The van der Waals surface area contributed by atoms with Crippen LogP contribution in [-0.4, -0.2) is 190 Å². The van der Waals surface area contributed by atoms with Gasteiger partial charge in [-0.25, -0.2) is 4.67 Å². The molecular weight excluding hydrogens is 1780 g/mol. The number of unbranched alkanes of at least 4 members (excludes halogenated alkanes) is 36. The van der Waals surface area contributed by atoms with Gasteiger partial charge in [0.1, 0.15) is 48.8 Å². The first-order chi connectivity index (χ1) is 66.7. The van der Waals surface area contributed by atoms with Crippen molar-refractivity contribution in [1.82, 2.24) is 9.57 Å². The van der Waals surface area contributed by atoms with Crippen molar-refractivity contribution in [1.29, 1.82) is 5.26 Å². The summed E-state index contributed by atoms with van der Waals surface area (Å²) in [6, 6.07) is 9.25. The van der Waals surface area contributed by atoms with Gasteiger partial charge in [0.25, 0.3) is 20.3 Å². The van der Waals surface area contributed by atoms with E-state index in [0.29, 0.717) is 11.1 Å². The Labute approximate surface area is 834 Å². The lowest BCUT2D eigenvalue weighted by atomic mass is 9.98. The molecule has 23 nitrogen and oxygen atoms in total. The SMILES string of the molecule is CC(C)N(C(C)C)P(OCCC#N)OCCN1C(=O)c2ccccc2C1=O.CCCCC/C=C\C/C=C\CCCCCCCCC1(CCCCCCCC/C=C\C/C=C\CCCCC)O[C@H]2[C@H](O1)[C@@H](CO)O[C@H]2CO.CCCCC/C=C\C/C=C\CCCCCCCCC1(CCCCCCCC/C=C\C/C=C\CCCCC)O[C@H]2[C@H](O1)[C@@H](COP(C)(=O)OCCN)O[C@H]2COP(C)(=O)OCCN. The van der Waals surface area contributed by atoms with Gasteiger partial charge < -0.3 is 77.2 Å². The fourth-order valence-corrected chi connectivity index (χ4v) is 21.4. The molecule has 1 aromatic rings. The van der Waals surface area contributed by atoms with E-state index in [-0.39, 0.29) is 115 Å². The summed E-state index contributed by atoms with van der Waals surface area (Å²) in [5, 5.41) is 28.5. The van der Waals surface area contributed by atoms with E-state index in [4.69, 9.17) is 72.3 Å². The standard InChI is InChI=1S/C49H92N2O9P2.C43H76O5.C19H26N3O4P/c1-5-7-9-11-13-15-17-19-21-23-25-27-29-31-33-35-37-49(38-36-34-32-30-28-26-24-22-20-18-16-14-12-10-8-6-2)59-47-45(43-56-61(3,52)54-41-39-50)58-46(48(47)60-49)44-57-62(4,53)55-42-40-51;1-3-5-7-9-11-13-15-17-19-21-23-25-27-29-31-33-35-43(47-41-39(37-44)46-40(38-45)42(41)48-43)36-34-32-30-28-26-24-22-20-18-16-14-12-10-8-6-4-2;1-14(2)22(15(3)4)27(25-12-7-10-20)26-13-11-21-18(23)16-8-5-6-9-17(16)19(21)24/h13-16,19-22,45-48H,5-12,17-18,23-44,50-51H2,1-4H3;11-14,17-20,39-42,44-45H,3-10,15-16,21-38H2,1-2H3;5-6,8-9,14-15H,7,11-13H2,1-4H3/b15-13-,16-14-,21-19-,22-20-;13-11-,14-12-,19-17-,20-18-;/t45-,46+,47-,48-,61?,62?;39-,40+,41-,42-;/m11./s1. The summed E-state index contributed by atoms with van der Waals surface area (Å²) < 4.78 is 102. The van der Waals surface area contributed by atoms with Crippen molar-refractivity contribution in [2.24, 2.45) is 11.5 Å². The molecule has 0 aromatic heterocycles. The van der Waals surface area contributed by atoms with Crippen LogP contribution in [0.15, 0.2) is 121 Å². The van der Waals surface area contributed by atoms with Crippen molar-refractivity contribution < 1.29 is 84.5 Å². The Hall–Kier alpha value is -4.02. The van der Waals surface area contributed by atoms with E-state index in [1.165, 1.54) is 249 Å². The van der Waals surface area contributed by atoms with Crippen molar-refractivity contribution in [2.75, 3.05) is 85.8 Å². The highest BCUT2D eigenvalue weighted by atomic mass is 31.2. The third-order valence-corrected chi connectivity index (χ3v) is 30.1. The van der Waals surface area contributed by atoms with Crippen LogP contribution in [-0.2, 0) is 64.7 Å². The van der Waals surface area contributed by atoms with E-state index in [9.17, 15) is 28.9 Å². The van der Waals surface area contributed by atoms with Crippen LogP contribution in [0.1, 0.15) is 416 Å². The molecule has 6 N–H and O–H groups in total. The number of benzene rings is 1. The average Bonchev–Trinajstić information content (AvgIpc) is 1.63. The zero-order valence-electron chi connectivity index (χ0n) is 87.3. The van der Waals surface area contributed by atoms with Crippen LogP contribution in [0, 0.1) is 11.3 Å². The minimum atomic E-state index is -3.38. The third kappa shape index (κ3) is 55.8. The minimum absolute atomic E-state index is 0.0151. The van der Waals surface area contributed by atoms with Crippen molar-refractivity contribution in [2.45, 2.75) is 468 Å². The number of hydrogen-bond acceptors (Lipinski definition) is 22. The number of nitrogens with zero attached hydrogens (tertiary/aromatic N) is 3. The van der Waals surface area contributed by atoms with Crippen LogP contribution in [0.5, 0.6) is 0 Å². The summed E-state index contributed by atoms with van der Waals surface area (Å²) in [6.45, 7) is 21.2. The number of aliphatic hydroxyl groups excluding tert-OH is 2. The van der Waals surface area contributed by atoms with Crippen LogP contribution in [0.2, 0.25) is 0 Å². The Morgan fingerprint density at radius 3 is 0.956 bits per heavy atom. The molecule has 5 aliphatic rings. The zero-order chi connectivity index (χ0) is 99.4. The van der Waals surface area contributed by atoms with E-state index >= 15 is 0 Å². The molecule has 4 saturated heterocycles. The number of hydrogen-bond donors (Lipinski definition) is 4. The highest BCUT2D eigenvalue weighted by Gasteiger charge is 2.59. The molecule has 0 spiro atoms. The second-order valence-corrected chi connectivity index (χ2v) is 43.9. The van der Waals surface area contributed by atoms with Gasteiger partial charge in [-0.3, -0.25) is 23.6 Å². The smallest absolute Gasteiger partial charge is 0.327 e. The number of fused-ring (bicyclic) bond motifs is 3. The molecule has 2 amide bonds. The van der Waals surface area contributed by atoms with Gasteiger partial charge in [-0.15, -0.1) is 0 Å². The van der Waals surface area contributed by atoms with Gasteiger partial charge in [0.2, 0.25) is 0 Å². The molecule has 3 unspecified atom stereocenters. The van der Waals surface area contributed by atoms with Crippen molar-refractivity contribution in [3.8, 4) is 6.07 Å². The maximum absolute atomic E-state index is 13.0. The Kier molecular flexibility index (Phi) is 73.4. The van der Waals surface area contributed by atoms with Crippen LogP contribution >= 0.6 is 23.7 Å². The van der Waals surface area contributed by atoms with Gasteiger partial charge in [0, 0.05) is 64.2 Å². The second-order valence-electron chi connectivity index (χ2n) is 38.3. The fourth-order valence-electron chi connectivity index (χ4n) is 17.9. The van der Waals surface area contributed by atoms with E-state index in [1.807, 2.05) is 0 Å². The molecule has 137 heavy (non-hydrogen) atoms. The van der Waals surface area contributed by atoms with Crippen molar-refractivity contribution >= 4 is 35.5 Å². The molecule has 5 aliphatic heterocycles. The normalized spacial score (nSPS) is 20.8. The molecular formula is C111H194N5O18P3. The number of imide groups is 1. The molecule has 786 valence electrons. The molecule has 5 heterocycles. The number of carbonyl (C=O) groups excluding carboxylic acids is 2. The monoisotopic (exact) mass is 1980 g/mol. The van der Waals surface area contributed by atoms with Gasteiger partial charge in [0.05, 0.1) is 83.0 Å². The summed E-state index contributed by atoms with van der Waals surface area (Å²) in [6.07, 6.45) is 95.2. The maximum Gasteiger partial charge on any atom is 0.327 e. The largest absolute Gasteiger partial charge is 0.394 e. The topological polar surface area (TPSA) is 302 Å². The number of carbonyl (C=O) groups is 2. The van der Waals surface area contributed by atoms with Crippen molar-refractivity contribution in [3.63, 3.8) is 0 Å². The van der Waals surface area contributed by atoms with Crippen LogP contribution in [0.4, 0.5) is 0 Å². The van der Waals surface area contributed by atoms with Crippen molar-refractivity contribution in [3.05, 3.63) is 133 Å². The molecule has 0 saturated carbocycles. The molecule has 0 bridgehead atoms. The van der Waals surface area contributed by atoms with Crippen LogP contribution < -0.4 is 11.5 Å². The lowest BCUT2D eigenvalue weighted by Gasteiger charge is -2.35. The summed E-state index contributed by atoms with van der Waals surface area (Å²) in [7, 11) is -8.14. The minimum Gasteiger partial charge on any atom is -0.394 e. The molecule has 0 aliphatic carbocycles. The number of allylic oxidation sites excluding steroid dienone is 16. The van der Waals surface area contributed by atoms with Gasteiger partial charge in [0.15, 0.2) is 11.6 Å². The second kappa shape index (κ2) is 80.2. The lowest BCUT2D eigenvalue weighted by Crippen LogP contribution is -2.37. The molecule has 26 heteroatoms. The summed E-state index contributed by atoms with van der Waals surface area (Å²) in [5.41, 5.74) is 12.0. The van der Waals surface area contributed by atoms with Crippen LogP contribution in [0.25, 0.3) is 0 Å². The molecule has 0 radical (unpaired) electrons. The maximum atomic E-state index is 13.0. The van der Waals surface area contributed by atoms with E-state index in [1.54, 1.807) is 24.3 Å². The first-order valence-electron chi connectivity index (χ1n) is 54.4. The summed E-state index contributed by atoms with van der Waals surface area (Å²) in [5.74, 6) is -1.97. The average molecular weight is 1980 g/mol. The predicted molar refractivity (Wildman–Crippen MR) is 564 cm³/mol. The summed E-state index contributed by atoms with van der Waals surface area (Å²) in [4.78, 5) is 26.1. The predicted octanol–water partition coefficient (Wildman–Crippen LogP) is 28.5. The van der Waals surface area contributed by atoms with Gasteiger partial charge in [-0.2, -0.15) is 5.26 Å². The summed E-state index contributed by atoms with van der Waals surface area (Å²) >= 11 is 0. The first kappa shape index (κ1) is 125. The molecule has 6 rings (SSSR count). The number of aliphatic hydroxyl groups is 2. The Bertz CT molecular complexity index is 3380. The fraction of sp³-hybridized carbons (Fsp3) is 0.775. The lowest BCUT2D eigenvalue weighted by molar-refractivity contribution is -0.222. The first-order valence-corrected chi connectivity index (χ1v) is 59.5. The highest BCUT2D eigenvalue weighted by Crippen LogP contribution is 2.51. The van der Waals surface area contributed by atoms with E-state index < -0.39 is 71.9 Å². The third-order valence-electron chi connectivity index (χ3n) is 25.5. The molecule has 1 aromatic carbocycles. The van der Waals surface area contributed by atoms with Gasteiger partial charge >= 0.3 is 15.2 Å². The van der Waals surface area contributed by atoms with E-state index in [0.717, 1.165) is 103 Å². The van der Waals surface area contributed by atoms with Gasteiger partial charge in [-0.05, 0) is 194 Å². The molecule has 4 fully saturated rings. The quantitative estimate of drug-likeness (QED) is 0.0204. The number of nitrogens with two attached hydrogens (primary N) is 2. The Morgan fingerprint density at radius 1 is 0.409 bits per heavy atom. The number of rotatable bonds is 84. The van der Waals surface area contributed by atoms with Gasteiger partial charge in [-0.1, -0.05) is 291 Å². The number of nitriles is 1. The number of amides is 2. The zero-order valence-corrected chi connectivity index (χ0v) is 90.0. The Balaban J connectivity index is 0.000000461. The van der Waals surface area contributed by atoms with E-state index in [2.05, 4.69) is 163 Å². The Morgan fingerprint density at radius 2 is 0.679 bits per heavy atom.